The number of aromatic nitrogens is 3. The highest BCUT2D eigenvalue weighted by Crippen LogP contribution is 2.54. The predicted molar refractivity (Wildman–Crippen MR) is 179 cm³/mol. The van der Waals surface area contributed by atoms with Gasteiger partial charge in [0.2, 0.25) is 11.8 Å². The summed E-state index contributed by atoms with van der Waals surface area (Å²) >= 11 is 1.01. The van der Waals surface area contributed by atoms with Crippen LogP contribution in [0.15, 0.2) is 31.0 Å². The molecule has 3 N–H and O–H groups in total. The first-order chi connectivity index (χ1) is 23.3. The molecule has 1 aromatic carbocycles. The minimum atomic E-state index is -0.654. The summed E-state index contributed by atoms with van der Waals surface area (Å²) in [5, 5.41) is 3.66. The standard InChI is InChI=1S/C34H37F2N7O4S/c1-2-25(44)39-19-16-43(11-14-46-17-19)30-21-4-6-24(34(7-8-34)18-42-9-12-45-13-10-42)47-32(21)40-28-22(30)15-38-27(26(28)36)20-3-5-23(35)31-29(20)41-33(37)48-31/h2-3,5,15,19,24H,1,4,6-14,16-18H2,(H2,37,41)(H,39,44). The van der Waals surface area contributed by atoms with Crippen molar-refractivity contribution >= 4 is 49.2 Å². The topological polar surface area (TPSA) is 128 Å². The number of morpholine rings is 1. The van der Waals surface area contributed by atoms with Crippen molar-refractivity contribution in [3.63, 3.8) is 0 Å². The average molecular weight is 678 g/mol. The number of carbonyl (C=O) groups is 1. The Bertz CT molecular complexity index is 1910. The van der Waals surface area contributed by atoms with E-state index in [1.165, 1.54) is 18.2 Å². The molecule has 3 aliphatic heterocycles. The zero-order valence-electron chi connectivity index (χ0n) is 26.5. The molecule has 4 aliphatic rings. The van der Waals surface area contributed by atoms with Gasteiger partial charge in [-0.25, -0.2) is 18.7 Å². The van der Waals surface area contributed by atoms with Gasteiger partial charge in [-0.15, -0.1) is 0 Å². The van der Waals surface area contributed by atoms with Crippen molar-refractivity contribution in [3.05, 3.63) is 48.2 Å². The summed E-state index contributed by atoms with van der Waals surface area (Å²) in [6.07, 6.45) is 6.45. The Morgan fingerprint density at radius 2 is 1.96 bits per heavy atom. The zero-order chi connectivity index (χ0) is 33.0. The Morgan fingerprint density at radius 1 is 1.15 bits per heavy atom. The van der Waals surface area contributed by atoms with E-state index >= 15 is 4.39 Å². The lowest BCUT2D eigenvalue weighted by atomic mass is 9.89. The molecule has 8 rings (SSSR count). The molecule has 2 saturated heterocycles. The van der Waals surface area contributed by atoms with Gasteiger partial charge in [0.1, 0.15) is 23.1 Å². The number of fused-ring (bicyclic) bond motifs is 3. The number of benzene rings is 1. The number of nitrogens with zero attached hydrogens (tertiary/aromatic N) is 5. The van der Waals surface area contributed by atoms with Crippen molar-refractivity contribution < 1.29 is 27.8 Å². The lowest BCUT2D eigenvalue weighted by Crippen LogP contribution is -2.46. The second-order valence-corrected chi connectivity index (χ2v) is 14.1. The highest BCUT2D eigenvalue weighted by molar-refractivity contribution is 7.22. The summed E-state index contributed by atoms with van der Waals surface area (Å²) < 4.78 is 50.0. The molecule has 48 heavy (non-hydrogen) atoms. The van der Waals surface area contributed by atoms with E-state index in [1.807, 2.05) is 0 Å². The normalized spacial score (nSPS) is 22.6. The third-order valence-electron chi connectivity index (χ3n) is 10.0. The number of rotatable bonds is 7. The number of hydrogen-bond donors (Lipinski definition) is 2. The maximum Gasteiger partial charge on any atom is 0.243 e. The number of pyridine rings is 2. The van der Waals surface area contributed by atoms with Crippen LogP contribution in [0.1, 0.15) is 24.8 Å². The largest absolute Gasteiger partial charge is 0.473 e. The second-order valence-electron chi connectivity index (χ2n) is 13.1. The fraction of sp³-hybridized carbons (Fsp3) is 0.471. The number of nitrogens with two attached hydrogens (primary N) is 1. The third-order valence-corrected chi connectivity index (χ3v) is 10.9. The summed E-state index contributed by atoms with van der Waals surface area (Å²) in [6, 6.07) is 2.43. The average Bonchev–Trinajstić information content (AvgIpc) is 3.82. The Balaban J connectivity index is 1.23. The molecule has 3 fully saturated rings. The summed E-state index contributed by atoms with van der Waals surface area (Å²) in [5.41, 5.74) is 8.30. The molecule has 1 saturated carbocycles. The van der Waals surface area contributed by atoms with Crippen molar-refractivity contribution in [1.29, 1.82) is 0 Å². The Hall–Kier alpha value is -3.98. The van der Waals surface area contributed by atoms with E-state index in [0.717, 1.165) is 74.7 Å². The number of amides is 1. The number of nitrogens with one attached hydrogen (secondary N) is 1. The number of hydrogen-bond acceptors (Lipinski definition) is 11. The van der Waals surface area contributed by atoms with Crippen LogP contribution in [0.5, 0.6) is 5.88 Å². The van der Waals surface area contributed by atoms with E-state index < -0.39 is 11.6 Å². The van der Waals surface area contributed by atoms with Crippen molar-refractivity contribution in [1.82, 2.24) is 25.2 Å². The smallest absolute Gasteiger partial charge is 0.243 e. The first-order valence-electron chi connectivity index (χ1n) is 16.4. The number of anilines is 2. The number of thiazole rings is 1. The second kappa shape index (κ2) is 12.5. The van der Waals surface area contributed by atoms with Gasteiger partial charge >= 0.3 is 0 Å². The van der Waals surface area contributed by atoms with Crippen LogP contribution in [0.4, 0.5) is 19.6 Å². The SMILES string of the molecule is C=CC(=O)NC1COCCN(c2c3c(nc4c(F)c(-c5ccc(F)c6sc(N)nc56)ncc24)OC(C2(CN4CCOCC4)CC2)CC3)C1. The number of halogens is 2. The highest BCUT2D eigenvalue weighted by atomic mass is 32.1. The molecule has 6 heterocycles. The van der Waals surface area contributed by atoms with Crippen LogP contribution < -0.4 is 20.7 Å². The van der Waals surface area contributed by atoms with Crippen LogP contribution in [0.2, 0.25) is 0 Å². The lowest BCUT2D eigenvalue weighted by molar-refractivity contribution is -0.117. The van der Waals surface area contributed by atoms with Gasteiger partial charge < -0.3 is 30.2 Å². The molecular formula is C34H37F2N7O4S. The molecule has 0 spiro atoms. The maximum atomic E-state index is 16.9. The molecule has 252 valence electrons. The Labute approximate surface area is 280 Å². The van der Waals surface area contributed by atoms with Gasteiger partial charge in [-0.05, 0) is 43.9 Å². The molecule has 3 aromatic heterocycles. The summed E-state index contributed by atoms with van der Waals surface area (Å²) in [4.78, 5) is 30.6. The Morgan fingerprint density at radius 3 is 2.75 bits per heavy atom. The molecule has 4 aromatic rings. The Kier molecular flexibility index (Phi) is 8.14. The van der Waals surface area contributed by atoms with E-state index in [1.54, 1.807) is 6.20 Å². The van der Waals surface area contributed by atoms with Crippen LogP contribution in [0.3, 0.4) is 0 Å². The monoisotopic (exact) mass is 677 g/mol. The summed E-state index contributed by atoms with van der Waals surface area (Å²) in [5.74, 6) is -1.01. The van der Waals surface area contributed by atoms with E-state index in [9.17, 15) is 9.18 Å². The van der Waals surface area contributed by atoms with Crippen molar-refractivity contribution in [2.24, 2.45) is 5.41 Å². The van der Waals surface area contributed by atoms with Gasteiger partial charge in [-0.2, -0.15) is 0 Å². The minimum absolute atomic E-state index is 0.00450. The van der Waals surface area contributed by atoms with Crippen LogP contribution in [-0.2, 0) is 20.7 Å². The van der Waals surface area contributed by atoms with Gasteiger partial charge in [0.25, 0.3) is 0 Å². The molecule has 0 radical (unpaired) electrons. The minimum Gasteiger partial charge on any atom is -0.473 e. The summed E-state index contributed by atoms with van der Waals surface area (Å²) in [6.45, 7) is 9.47. The van der Waals surface area contributed by atoms with Gasteiger partial charge in [0.05, 0.1) is 48.4 Å². The molecule has 11 nitrogen and oxygen atoms in total. The molecule has 2 atom stereocenters. The molecule has 1 aliphatic carbocycles. The van der Waals surface area contributed by atoms with E-state index in [4.69, 9.17) is 24.9 Å². The first-order valence-corrected chi connectivity index (χ1v) is 17.2. The number of nitrogen functional groups attached to an aromatic ring is 1. The molecule has 0 bridgehead atoms. The van der Waals surface area contributed by atoms with Crippen LogP contribution in [0.25, 0.3) is 32.4 Å². The van der Waals surface area contributed by atoms with Crippen LogP contribution >= 0.6 is 11.3 Å². The quantitative estimate of drug-likeness (QED) is 0.276. The zero-order valence-corrected chi connectivity index (χ0v) is 27.3. The van der Waals surface area contributed by atoms with E-state index in [-0.39, 0.29) is 50.0 Å². The molecule has 1 amide bonds. The van der Waals surface area contributed by atoms with Crippen molar-refractivity contribution in [2.45, 2.75) is 37.8 Å². The molecule has 14 heteroatoms. The number of carbonyl (C=O) groups excluding carboxylic acids is 1. The predicted octanol–water partition coefficient (Wildman–Crippen LogP) is 4.08. The van der Waals surface area contributed by atoms with E-state index in [0.29, 0.717) is 49.6 Å². The molecule has 2 unspecified atom stereocenters. The van der Waals surface area contributed by atoms with Gasteiger partial charge in [0.15, 0.2) is 10.9 Å². The van der Waals surface area contributed by atoms with E-state index in [2.05, 4.69) is 31.7 Å². The lowest BCUT2D eigenvalue weighted by Gasteiger charge is -2.38. The van der Waals surface area contributed by atoms with Gasteiger partial charge in [-0.3, -0.25) is 14.7 Å². The van der Waals surface area contributed by atoms with Crippen molar-refractivity contribution in [3.8, 4) is 17.1 Å². The van der Waals surface area contributed by atoms with Gasteiger partial charge in [0, 0.05) is 60.8 Å². The van der Waals surface area contributed by atoms with Crippen molar-refractivity contribution in [2.75, 3.05) is 69.8 Å². The number of ether oxygens (including phenoxy) is 3. The van der Waals surface area contributed by atoms with Crippen LogP contribution in [-0.4, -0.2) is 97.1 Å². The molecular weight excluding hydrogens is 640 g/mol. The maximum absolute atomic E-state index is 16.9. The summed E-state index contributed by atoms with van der Waals surface area (Å²) in [7, 11) is 0. The van der Waals surface area contributed by atoms with Crippen LogP contribution in [0, 0.1) is 17.0 Å². The fourth-order valence-electron chi connectivity index (χ4n) is 7.46. The first kappa shape index (κ1) is 31.3. The fourth-order valence-corrected chi connectivity index (χ4v) is 8.22. The third kappa shape index (κ3) is 5.63. The highest BCUT2D eigenvalue weighted by Gasteiger charge is 2.53. The van der Waals surface area contributed by atoms with Gasteiger partial charge in [-0.1, -0.05) is 17.9 Å².